The summed E-state index contributed by atoms with van der Waals surface area (Å²) in [5.41, 5.74) is 2.46. The van der Waals surface area contributed by atoms with Crippen LogP contribution in [-0.2, 0) is 10.0 Å². The molecule has 0 fully saturated rings. The number of hydrogen-bond donors (Lipinski definition) is 1. The van der Waals surface area contributed by atoms with Crippen molar-refractivity contribution in [2.45, 2.75) is 10.8 Å². The van der Waals surface area contributed by atoms with E-state index in [4.69, 9.17) is 23.8 Å². The molecule has 0 saturated heterocycles. The zero-order valence-electron chi connectivity index (χ0n) is 16.4. The fourth-order valence-electron chi connectivity index (χ4n) is 3.37. The van der Waals surface area contributed by atoms with Gasteiger partial charge in [0.1, 0.15) is 16.5 Å². The molecule has 0 spiro atoms. The van der Waals surface area contributed by atoms with E-state index in [9.17, 15) is 17.2 Å². The number of benzene rings is 3. The Hall–Kier alpha value is -2.88. The Morgan fingerprint density at radius 1 is 1.06 bits per heavy atom. The van der Waals surface area contributed by atoms with E-state index in [1.165, 1.54) is 5.01 Å². The minimum Gasteiger partial charge on any atom is -0.254 e. The van der Waals surface area contributed by atoms with Crippen molar-refractivity contribution in [1.29, 1.82) is 0 Å². The van der Waals surface area contributed by atoms with Gasteiger partial charge in [-0.05, 0) is 47.6 Å². The van der Waals surface area contributed by atoms with E-state index in [1.54, 1.807) is 12.1 Å². The average Bonchev–Trinajstić information content (AvgIpc) is 3.20. The van der Waals surface area contributed by atoms with E-state index < -0.39 is 26.6 Å². The van der Waals surface area contributed by atoms with E-state index in [2.05, 4.69) is 9.82 Å². The molecular formula is C22H16ClF2N3O2S2. The molecule has 1 atom stereocenters. The van der Waals surface area contributed by atoms with Gasteiger partial charge in [0.25, 0.3) is 10.0 Å². The molecule has 3 aromatic rings. The van der Waals surface area contributed by atoms with Crippen molar-refractivity contribution in [2.75, 3.05) is 6.54 Å². The third-order valence-corrected chi connectivity index (χ3v) is 6.96. The molecule has 1 N–H and O–H groups in total. The van der Waals surface area contributed by atoms with Gasteiger partial charge in [-0.25, -0.2) is 22.2 Å². The predicted molar refractivity (Wildman–Crippen MR) is 123 cm³/mol. The second kappa shape index (κ2) is 8.93. The van der Waals surface area contributed by atoms with Crippen LogP contribution >= 0.6 is 23.8 Å². The molecule has 1 aliphatic rings. The van der Waals surface area contributed by atoms with Crippen LogP contribution in [-0.4, -0.2) is 30.8 Å². The summed E-state index contributed by atoms with van der Waals surface area (Å²) in [6.45, 7) is 0.273. The lowest BCUT2D eigenvalue weighted by atomic mass is 9.91. The van der Waals surface area contributed by atoms with Crippen molar-refractivity contribution in [3.63, 3.8) is 0 Å². The zero-order valence-corrected chi connectivity index (χ0v) is 18.8. The Balaban J connectivity index is 1.64. The van der Waals surface area contributed by atoms with Gasteiger partial charge in [-0.15, -0.1) is 0 Å². The van der Waals surface area contributed by atoms with Gasteiger partial charge in [-0.3, -0.25) is 4.72 Å². The summed E-state index contributed by atoms with van der Waals surface area (Å²) in [5.74, 6) is -2.29. The van der Waals surface area contributed by atoms with Crippen LogP contribution in [0.2, 0.25) is 5.02 Å². The number of nitrogens with one attached hydrogen (secondary N) is 1. The van der Waals surface area contributed by atoms with Gasteiger partial charge in [-0.2, -0.15) is 5.10 Å². The summed E-state index contributed by atoms with van der Waals surface area (Å²) >= 11 is 11.3. The first-order valence-corrected chi connectivity index (χ1v) is 11.7. The van der Waals surface area contributed by atoms with Crippen molar-refractivity contribution < 1.29 is 17.2 Å². The number of nitrogens with zero attached hydrogens (tertiary/aromatic N) is 2. The molecule has 0 aliphatic carbocycles. The minimum atomic E-state index is -4.38. The highest BCUT2D eigenvalue weighted by Crippen LogP contribution is 2.29. The standard InChI is InChI=1S/C22H16ClF2N3O2S2/c23-16-8-6-15(7-9-16)21-18(14-4-2-1-3-5-14)13-28(26-21)22(31)27-32(29,30)20-11-10-17(24)12-19(20)25/h1-12,18H,13H2,(H,27,31). The molecule has 0 bridgehead atoms. The Labute approximate surface area is 194 Å². The van der Waals surface area contributed by atoms with Crippen molar-refractivity contribution in [3.8, 4) is 0 Å². The third-order valence-electron chi connectivity index (χ3n) is 4.90. The van der Waals surface area contributed by atoms with Crippen LogP contribution in [0.3, 0.4) is 0 Å². The molecule has 0 amide bonds. The normalized spacial score (nSPS) is 16.0. The molecule has 1 aliphatic heterocycles. The lowest BCUT2D eigenvalue weighted by molar-refractivity contribution is 0.472. The largest absolute Gasteiger partial charge is 0.266 e. The molecule has 1 heterocycles. The smallest absolute Gasteiger partial charge is 0.254 e. The van der Waals surface area contributed by atoms with Gasteiger partial charge < -0.3 is 0 Å². The maximum absolute atomic E-state index is 14.0. The summed E-state index contributed by atoms with van der Waals surface area (Å²) in [5, 5.41) is 6.24. The second-order valence-corrected chi connectivity index (χ2v) is 9.50. The van der Waals surface area contributed by atoms with Gasteiger partial charge in [0.15, 0.2) is 0 Å². The number of hydrazone groups is 1. The number of rotatable bonds is 4. The quantitative estimate of drug-likeness (QED) is 0.538. The second-order valence-electron chi connectivity index (χ2n) is 7.02. The van der Waals surface area contributed by atoms with Crippen LogP contribution in [0.5, 0.6) is 0 Å². The lowest BCUT2D eigenvalue weighted by Gasteiger charge is -2.18. The Bertz CT molecular complexity index is 1300. The van der Waals surface area contributed by atoms with Crippen LogP contribution in [0.25, 0.3) is 0 Å². The number of hydrogen-bond acceptors (Lipinski definition) is 4. The molecule has 3 aromatic carbocycles. The minimum absolute atomic E-state index is 0.192. The van der Waals surface area contributed by atoms with Crippen LogP contribution in [0.4, 0.5) is 8.78 Å². The molecule has 1 unspecified atom stereocenters. The monoisotopic (exact) mass is 491 g/mol. The first kappa shape index (κ1) is 22.3. The van der Waals surface area contributed by atoms with E-state index in [0.717, 1.165) is 23.3 Å². The fraction of sp³-hybridized carbons (Fsp3) is 0.0909. The highest BCUT2D eigenvalue weighted by Gasteiger charge is 2.32. The van der Waals surface area contributed by atoms with Crippen LogP contribution < -0.4 is 4.72 Å². The summed E-state index contributed by atoms with van der Waals surface area (Å²) in [4.78, 5) is -0.707. The van der Waals surface area contributed by atoms with Gasteiger partial charge in [0.05, 0.1) is 12.3 Å². The van der Waals surface area contributed by atoms with Gasteiger partial charge >= 0.3 is 0 Å². The van der Waals surface area contributed by atoms with E-state index in [-0.39, 0.29) is 17.6 Å². The summed E-state index contributed by atoms with van der Waals surface area (Å²) in [6.07, 6.45) is 0. The van der Waals surface area contributed by atoms with E-state index in [1.807, 2.05) is 42.5 Å². The van der Waals surface area contributed by atoms with Crippen molar-refractivity contribution in [1.82, 2.24) is 9.73 Å². The first-order chi connectivity index (χ1) is 15.2. The van der Waals surface area contributed by atoms with Crippen LogP contribution in [0.15, 0.2) is 82.8 Å². The van der Waals surface area contributed by atoms with E-state index in [0.29, 0.717) is 16.8 Å². The molecule has 164 valence electrons. The number of thiocarbonyl (C=S) groups is 1. The molecular weight excluding hydrogens is 476 g/mol. The van der Waals surface area contributed by atoms with Crippen molar-refractivity contribution >= 4 is 44.7 Å². The Kier molecular flexibility index (Phi) is 6.23. The molecule has 0 saturated carbocycles. The Morgan fingerprint density at radius 3 is 2.41 bits per heavy atom. The molecule has 32 heavy (non-hydrogen) atoms. The molecule has 10 heteroatoms. The maximum Gasteiger partial charge on any atom is 0.266 e. The predicted octanol–water partition coefficient (Wildman–Crippen LogP) is 4.69. The summed E-state index contributed by atoms with van der Waals surface area (Å²) in [7, 11) is -4.38. The number of sulfonamides is 1. The molecule has 0 radical (unpaired) electrons. The molecule has 4 rings (SSSR count). The topological polar surface area (TPSA) is 61.8 Å². The lowest BCUT2D eigenvalue weighted by Crippen LogP contribution is -2.39. The van der Waals surface area contributed by atoms with E-state index >= 15 is 0 Å². The van der Waals surface area contributed by atoms with Crippen LogP contribution in [0, 0.1) is 11.6 Å². The van der Waals surface area contributed by atoms with Gasteiger partial charge in [-0.1, -0.05) is 54.1 Å². The zero-order chi connectivity index (χ0) is 22.9. The highest BCUT2D eigenvalue weighted by atomic mass is 35.5. The maximum atomic E-state index is 14.0. The average molecular weight is 492 g/mol. The van der Waals surface area contributed by atoms with Crippen molar-refractivity contribution in [3.05, 3.63) is 101 Å². The number of halogens is 3. The molecule has 0 aromatic heterocycles. The summed E-state index contributed by atoms with van der Waals surface area (Å²) in [6, 6.07) is 18.9. The highest BCUT2D eigenvalue weighted by molar-refractivity contribution is 7.91. The summed E-state index contributed by atoms with van der Waals surface area (Å²) < 4.78 is 54.6. The Morgan fingerprint density at radius 2 is 1.75 bits per heavy atom. The van der Waals surface area contributed by atoms with Crippen molar-refractivity contribution in [2.24, 2.45) is 5.10 Å². The van der Waals surface area contributed by atoms with Gasteiger partial charge in [0.2, 0.25) is 5.11 Å². The first-order valence-electron chi connectivity index (χ1n) is 9.43. The van der Waals surface area contributed by atoms with Crippen LogP contribution in [0.1, 0.15) is 17.0 Å². The van der Waals surface area contributed by atoms with Gasteiger partial charge in [0, 0.05) is 17.0 Å². The SMILES string of the molecule is O=S(=O)(NC(=S)N1CC(c2ccccc2)C(c2ccc(Cl)cc2)=N1)c1ccc(F)cc1F. The third kappa shape index (κ3) is 4.64. The fourth-order valence-corrected chi connectivity index (χ4v) is 4.95. The molecule has 5 nitrogen and oxygen atoms in total.